The average molecular weight is 267 g/mol. The average Bonchev–Trinajstić information content (AvgIpc) is 2.28. The van der Waals surface area contributed by atoms with Crippen molar-refractivity contribution in [2.24, 2.45) is 0 Å². The maximum atomic E-state index is 5.94. The van der Waals surface area contributed by atoms with E-state index >= 15 is 0 Å². The van der Waals surface area contributed by atoms with E-state index in [0.717, 1.165) is 11.4 Å². The Kier molecular flexibility index (Phi) is 3.87. The molecule has 1 heterocycles. The van der Waals surface area contributed by atoms with E-state index in [2.05, 4.69) is 10.3 Å². The lowest BCUT2D eigenvalue weighted by Gasteiger charge is -2.15. The molecule has 4 heteroatoms. The maximum Gasteiger partial charge on any atom is 0.0657 e. The van der Waals surface area contributed by atoms with E-state index in [1.165, 1.54) is 0 Å². The molecular formula is C13H12Cl2N2. The van der Waals surface area contributed by atoms with Crippen molar-refractivity contribution in [3.8, 4) is 0 Å². The molecule has 2 rings (SSSR count). The quantitative estimate of drug-likeness (QED) is 0.881. The zero-order chi connectivity index (χ0) is 12.3. The minimum absolute atomic E-state index is 0.103. The first-order chi connectivity index (χ1) is 8.15. The van der Waals surface area contributed by atoms with Crippen LogP contribution in [0.1, 0.15) is 18.7 Å². The molecule has 1 atom stereocenters. The van der Waals surface area contributed by atoms with Crippen LogP contribution in [0, 0.1) is 0 Å². The van der Waals surface area contributed by atoms with Crippen LogP contribution in [0.15, 0.2) is 42.6 Å². The molecule has 0 saturated heterocycles. The van der Waals surface area contributed by atoms with Crippen molar-refractivity contribution in [2.75, 3.05) is 5.32 Å². The fraction of sp³-hybridized carbons (Fsp3) is 0.154. The zero-order valence-corrected chi connectivity index (χ0v) is 10.8. The standard InChI is InChI=1S/C13H12Cl2N2/c1-9(13-4-2-3-5-16-13)17-12-7-10(14)6-11(15)8-12/h2-9,17H,1H3. The van der Waals surface area contributed by atoms with Gasteiger partial charge in [-0.1, -0.05) is 29.3 Å². The second-order valence-corrected chi connectivity index (χ2v) is 4.65. The van der Waals surface area contributed by atoms with Gasteiger partial charge in [0.25, 0.3) is 0 Å². The van der Waals surface area contributed by atoms with E-state index in [4.69, 9.17) is 23.2 Å². The summed E-state index contributed by atoms with van der Waals surface area (Å²) in [6.45, 7) is 2.04. The molecule has 2 nitrogen and oxygen atoms in total. The Hall–Kier alpha value is -1.25. The molecule has 88 valence electrons. The minimum atomic E-state index is 0.103. The van der Waals surface area contributed by atoms with Crippen molar-refractivity contribution in [3.63, 3.8) is 0 Å². The van der Waals surface area contributed by atoms with Crippen LogP contribution in [0.4, 0.5) is 5.69 Å². The predicted molar refractivity (Wildman–Crippen MR) is 72.7 cm³/mol. The summed E-state index contributed by atoms with van der Waals surface area (Å²) < 4.78 is 0. The molecule has 0 bridgehead atoms. The smallest absolute Gasteiger partial charge is 0.0657 e. The Labute approximate surface area is 111 Å². The van der Waals surface area contributed by atoms with E-state index in [1.807, 2.05) is 37.3 Å². The van der Waals surface area contributed by atoms with Gasteiger partial charge in [0, 0.05) is 21.9 Å². The normalized spacial score (nSPS) is 12.2. The Morgan fingerprint density at radius 1 is 1.12 bits per heavy atom. The van der Waals surface area contributed by atoms with E-state index < -0.39 is 0 Å². The summed E-state index contributed by atoms with van der Waals surface area (Å²) in [5.41, 5.74) is 1.87. The molecule has 1 aromatic carbocycles. The molecule has 0 spiro atoms. The number of benzene rings is 1. The molecule has 0 aliphatic carbocycles. The van der Waals surface area contributed by atoms with E-state index in [0.29, 0.717) is 10.0 Å². The molecule has 0 aliphatic rings. The molecule has 0 radical (unpaired) electrons. The Morgan fingerprint density at radius 3 is 2.41 bits per heavy atom. The highest BCUT2D eigenvalue weighted by Gasteiger charge is 2.06. The van der Waals surface area contributed by atoms with Gasteiger partial charge >= 0.3 is 0 Å². The van der Waals surface area contributed by atoms with Gasteiger partial charge in [-0.05, 0) is 37.3 Å². The molecular weight excluding hydrogens is 255 g/mol. The van der Waals surface area contributed by atoms with Crippen LogP contribution in [-0.4, -0.2) is 4.98 Å². The van der Waals surface area contributed by atoms with Gasteiger partial charge in [0.05, 0.1) is 11.7 Å². The zero-order valence-electron chi connectivity index (χ0n) is 9.32. The SMILES string of the molecule is CC(Nc1cc(Cl)cc(Cl)c1)c1ccccn1. The van der Waals surface area contributed by atoms with Crippen LogP contribution >= 0.6 is 23.2 Å². The van der Waals surface area contributed by atoms with Gasteiger partial charge < -0.3 is 5.32 Å². The predicted octanol–water partition coefficient (Wildman–Crippen LogP) is 4.56. The number of pyridine rings is 1. The molecule has 0 aliphatic heterocycles. The largest absolute Gasteiger partial charge is 0.377 e. The summed E-state index contributed by atoms with van der Waals surface area (Å²) in [5.74, 6) is 0. The lowest BCUT2D eigenvalue weighted by atomic mass is 10.2. The van der Waals surface area contributed by atoms with Gasteiger partial charge in [-0.15, -0.1) is 0 Å². The molecule has 0 amide bonds. The summed E-state index contributed by atoms with van der Waals surface area (Å²) in [5, 5.41) is 4.55. The third kappa shape index (κ3) is 3.35. The molecule has 17 heavy (non-hydrogen) atoms. The highest BCUT2D eigenvalue weighted by molar-refractivity contribution is 6.35. The van der Waals surface area contributed by atoms with Crippen molar-refractivity contribution >= 4 is 28.9 Å². The molecule has 2 aromatic rings. The molecule has 1 aromatic heterocycles. The Balaban J connectivity index is 2.16. The van der Waals surface area contributed by atoms with Crippen molar-refractivity contribution in [1.29, 1.82) is 0 Å². The van der Waals surface area contributed by atoms with Crippen molar-refractivity contribution in [3.05, 3.63) is 58.3 Å². The van der Waals surface area contributed by atoms with Crippen LogP contribution < -0.4 is 5.32 Å². The second-order valence-electron chi connectivity index (χ2n) is 3.78. The maximum absolute atomic E-state index is 5.94. The monoisotopic (exact) mass is 266 g/mol. The molecule has 1 unspecified atom stereocenters. The van der Waals surface area contributed by atoms with E-state index in [9.17, 15) is 0 Å². The first-order valence-electron chi connectivity index (χ1n) is 5.29. The van der Waals surface area contributed by atoms with Crippen LogP contribution in [0.2, 0.25) is 10.0 Å². The summed E-state index contributed by atoms with van der Waals surface area (Å²) in [7, 11) is 0. The third-order valence-corrected chi connectivity index (χ3v) is 2.81. The number of nitrogens with one attached hydrogen (secondary N) is 1. The van der Waals surface area contributed by atoms with Gasteiger partial charge in [-0.2, -0.15) is 0 Å². The van der Waals surface area contributed by atoms with Crippen LogP contribution in [0.5, 0.6) is 0 Å². The summed E-state index contributed by atoms with van der Waals surface area (Å²) in [6.07, 6.45) is 1.78. The number of halogens is 2. The number of anilines is 1. The van der Waals surface area contributed by atoms with Gasteiger partial charge in [-0.25, -0.2) is 0 Å². The van der Waals surface area contributed by atoms with Crippen LogP contribution in [0.25, 0.3) is 0 Å². The van der Waals surface area contributed by atoms with Gasteiger partial charge in [-0.3, -0.25) is 4.98 Å². The first kappa shape index (κ1) is 12.2. The molecule has 0 fully saturated rings. The van der Waals surface area contributed by atoms with Gasteiger partial charge in [0.1, 0.15) is 0 Å². The topological polar surface area (TPSA) is 24.9 Å². The number of nitrogens with zero attached hydrogens (tertiary/aromatic N) is 1. The number of rotatable bonds is 3. The molecule has 1 N–H and O–H groups in total. The molecule has 0 saturated carbocycles. The fourth-order valence-electron chi connectivity index (χ4n) is 1.59. The number of hydrogen-bond donors (Lipinski definition) is 1. The second kappa shape index (κ2) is 5.39. The van der Waals surface area contributed by atoms with E-state index in [-0.39, 0.29) is 6.04 Å². The van der Waals surface area contributed by atoms with Crippen molar-refractivity contribution in [1.82, 2.24) is 4.98 Å². The number of aromatic nitrogens is 1. The number of hydrogen-bond acceptors (Lipinski definition) is 2. The lowest BCUT2D eigenvalue weighted by molar-refractivity contribution is 0.839. The third-order valence-electron chi connectivity index (χ3n) is 2.38. The minimum Gasteiger partial charge on any atom is -0.377 e. The first-order valence-corrected chi connectivity index (χ1v) is 6.04. The highest BCUT2D eigenvalue weighted by atomic mass is 35.5. The van der Waals surface area contributed by atoms with Crippen molar-refractivity contribution < 1.29 is 0 Å². The van der Waals surface area contributed by atoms with Crippen LogP contribution in [0.3, 0.4) is 0 Å². The van der Waals surface area contributed by atoms with E-state index in [1.54, 1.807) is 12.3 Å². The summed E-state index contributed by atoms with van der Waals surface area (Å²) in [4.78, 5) is 4.29. The summed E-state index contributed by atoms with van der Waals surface area (Å²) >= 11 is 11.9. The highest BCUT2D eigenvalue weighted by Crippen LogP contribution is 2.25. The fourth-order valence-corrected chi connectivity index (χ4v) is 2.12. The van der Waals surface area contributed by atoms with Crippen LogP contribution in [-0.2, 0) is 0 Å². The van der Waals surface area contributed by atoms with Gasteiger partial charge in [0.2, 0.25) is 0 Å². The van der Waals surface area contributed by atoms with Gasteiger partial charge in [0.15, 0.2) is 0 Å². The van der Waals surface area contributed by atoms with Crippen molar-refractivity contribution in [2.45, 2.75) is 13.0 Å². The Morgan fingerprint density at radius 2 is 1.82 bits per heavy atom. The lowest BCUT2D eigenvalue weighted by Crippen LogP contribution is -2.08. The Bertz CT molecular complexity index is 480. The summed E-state index contributed by atoms with van der Waals surface area (Å²) in [6, 6.07) is 11.3.